The summed E-state index contributed by atoms with van der Waals surface area (Å²) in [7, 11) is 1.37. The second-order valence-corrected chi connectivity index (χ2v) is 4.66. The number of carbonyl (C=O) groups excluding carboxylic acids is 1. The van der Waals surface area contributed by atoms with Gasteiger partial charge in [-0.3, -0.25) is 0 Å². The number of furan rings is 1. The lowest BCUT2D eigenvalue weighted by atomic mass is 10.2. The number of methoxy groups -OCH3 is 1. The number of ether oxygens (including phenoxy) is 1. The van der Waals surface area contributed by atoms with Crippen molar-refractivity contribution in [2.45, 2.75) is 6.54 Å². The second-order valence-electron chi connectivity index (χ2n) is 3.60. The van der Waals surface area contributed by atoms with Gasteiger partial charge in [0.2, 0.25) is 0 Å². The highest BCUT2D eigenvalue weighted by Crippen LogP contribution is 2.18. The van der Waals surface area contributed by atoms with E-state index in [1.165, 1.54) is 7.11 Å². The molecule has 2 rings (SSSR count). The quantitative estimate of drug-likeness (QED) is 0.674. The van der Waals surface area contributed by atoms with Crippen molar-refractivity contribution >= 4 is 34.2 Å². The molecule has 0 aliphatic heterocycles. The Balaban J connectivity index is 2.11. The molecule has 5 heteroatoms. The molecule has 1 heterocycles. The molecule has 0 aliphatic carbocycles. The topological polar surface area (TPSA) is 51.5 Å². The van der Waals surface area contributed by atoms with Crippen molar-refractivity contribution in [1.29, 1.82) is 0 Å². The molecule has 18 heavy (non-hydrogen) atoms. The first-order chi connectivity index (χ1) is 8.70. The Morgan fingerprint density at radius 3 is 2.78 bits per heavy atom. The fourth-order valence-electron chi connectivity index (χ4n) is 1.55. The standard InChI is InChI=1S/C13H12INO3/c1-17-13(16)10-4-2-3-5-11(10)15-8-9-6-7-12(14)18-9/h2-7,15H,8H2,1H3. The molecule has 0 spiro atoms. The third-order valence-corrected chi connectivity index (χ3v) is 2.99. The van der Waals surface area contributed by atoms with E-state index in [-0.39, 0.29) is 5.97 Å². The van der Waals surface area contributed by atoms with E-state index in [0.29, 0.717) is 12.1 Å². The summed E-state index contributed by atoms with van der Waals surface area (Å²) in [5.41, 5.74) is 1.25. The highest BCUT2D eigenvalue weighted by molar-refractivity contribution is 14.1. The maximum atomic E-state index is 11.6. The van der Waals surface area contributed by atoms with Crippen molar-refractivity contribution in [3.63, 3.8) is 0 Å². The monoisotopic (exact) mass is 357 g/mol. The summed E-state index contributed by atoms with van der Waals surface area (Å²) in [4.78, 5) is 11.6. The zero-order valence-electron chi connectivity index (χ0n) is 9.77. The zero-order valence-corrected chi connectivity index (χ0v) is 11.9. The smallest absolute Gasteiger partial charge is 0.339 e. The normalized spacial score (nSPS) is 10.1. The van der Waals surface area contributed by atoms with E-state index in [0.717, 1.165) is 15.2 Å². The van der Waals surface area contributed by atoms with Gasteiger partial charge in [0.05, 0.1) is 19.2 Å². The van der Waals surface area contributed by atoms with Crippen LogP contribution < -0.4 is 5.32 Å². The summed E-state index contributed by atoms with van der Waals surface area (Å²) in [6.07, 6.45) is 0. The van der Waals surface area contributed by atoms with Gasteiger partial charge in [0.15, 0.2) is 3.77 Å². The number of halogens is 1. The lowest BCUT2D eigenvalue weighted by Crippen LogP contribution is -2.07. The minimum atomic E-state index is -0.355. The third-order valence-electron chi connectivity index (χ3n) is 2.41. The minimum Gasteiger partial charge on any atom is -0.465 e. The molecule has 1 N–H and O–H groups in total. The van der Waals surface area contributed by atoms with E-state index >= 15 is 0 Å². The summed E-state index contributed by atoms with van der Waals surface area (Å²) in [6.45, 7) is 0.525. The summed E-state index contributed by atoms with van der Waals surface area (Å²) < 4.78 is 11.0. The molecule has 2 aromatic rings. The molecule has 94 valence electrons. The van der Waals surface area contributed by atoms with E-state index < -0.39 is 0 Å². The van der Waals surface area contributed by atoms with Gasteiger partial charge in [0.25, 0.3) is 0 Å². The van der Waals surface area contributed by atoms with Gasteiger partial charge in [0, 0.05) is 5.69 Å². The van der Waals surface area contributed by atoms with Gasteiger partial charge in [0.1, 0.15) is 5.76 Å². The number of carbonyl (C=O) groups is 1. The molecule has 0 amide bonds. The first-order valence-electron chi connectivity index (χ1n) is 5.36. The Morgan fingerprint density at radius 2 is 2.11 bits per heavy atom. The molecule has 0 saturated heterocycles. The van der Waals surface area contributed by atoms with Crippen LogP contribution in [0.25, 0.3) is 0 Å². The molecule has 0 saturated carbocycles. The van der Waals surface area contributed by atoms with Crippen LogP contribution in [0.1, 0.15) is 16.1 Å². The molecule has 0 aliphatic rings. The summed E-state index contributed by atoms with van der Waals surface area (Å²) in [6, 6.07) is 11.0. The fraction of sp³-hybridized carbons (Fsp3) is 0.154. The molecule has 0 fully saturated rings. The molecule has 4 nitrogen and oxygen atoms in total. The Hall–Kier alpha value is -1.50. The van der Waals surface area contributed by atoms with E-state index in [2.05, 4.69) is 27.9 Å². The number of anilines is 1. The maximum absolute atomic E-state index is 11.6. The molecule has 0 atom stereocenters. The number of para-hydroxylation sites is 1. The van der Waals surface area contributed by atoms with Crippen molar-refractivity contribution in [2.75, 3.05) is 12.4 Å². The van der Waals surface area contributed by atoms with Crippen LogP contribution in [0.15, 0.2) is 40.8 Å². The van der Waals surface area contributed by atoms with Gasteiger partial charge in [-0.2, -0.15) is 0 Å². The highest BCUT2D eigenvalue weighted by Gasteiger charge is 2.10. The van der Waals surface area contributed by atoms with Crippen molar-refractivity contribution < 1.29 is 13.9 Å². The Labute approximate surface area is 118 Å². The second kappa shape index (κ2) is 5.90. The Morgan fingerprint density at radius 1 is 1.33 bits per heavy atom. The number of nitrogens with one attached hydrogen (secondary N) is 1. The lowest BCUT2D eigenvalue weighted by molar-refractivity contribution is 0.0602. The molecular formula is C13H12INO3. The van der Waals surface area contributed by atoms with Gasteiger partial charge in [-0.1, -0.05) is 12.1 Å². The predicted molar refractivity (Wildman–Crippen MR) is 76.5 cm³/mol. The summed E-state index contributed by atoms with van der Waals surface area (Å²) in [5, 5.41) is 3.16. The van der Waals surface area contributed by atoms with Crippen molar-refractivity contribution in [3.05, 3.63) is 51.5 Å². The summed E-state index contributed by atoms with van der Waals surface area (Å²) >= 11 is 2.11. The summed E-state index contributed by atoms with van der Waals surface area (Å²) in [5.74, 6) is 0.464. The first-order valence-corrected chi connectivity index (χ1v) is 6.44. The van der Waals surface area contributed by atoms with Crippen LogP contribution in [0.3, 0.4) is 0 Å². The molecular weight excluding hydrogens is 345 g/mol. The van der Waals surface area contributed by atoms with Crippen LogP contribution in [0.5, 0.6) is 0 Å². The van der Waals surface area contributed by atoms with E-state index in [4.69, 9.17) is 9.15 Å². The maximum Gasteiger partial charge on any atom is 0.339 e. The van der Waals surface area contributed by atoms with Crippen LogP contribution in [-0.4, -0.2) is 13.1 Å². The van der Waals surface area contributed by atoms with Crippen LogP contribution >= 0.6 is 22.6 Å². The Bertz CT molecular complexity index is 551. The van der Waals surface area contributed by atoms with Crippen molar-refractivity contribution in [1.82, 2.24) is 0 Å². The Kier molecular flexibility index (Phi) is 4.24. The highest BCUT2D eigenvalue weighted by atomic mass is 127. The number of rotatable bonds is 4. The fourth-order valence-corrected chi connectivity index (χ4v) is 2.02. The van der Waals surface area contributed by atoms with Gasteiger partial charge in [-0.15, -0.1) is 0 Å². The molecule has 1 aromatic carbocycles. The van der Waals surface area contributed by atoms with E-state index in [9.17, 15) is 4.79 Å². The number of esters is 1. The predicted octanol–water partition coefficient (Wildman–Crippen LogP) is 3.28. The van der Waals surface area contributed by atoms with E-state index in [1.54, 1.807) is 12.1 Å². The third kappa shape index (κ3) is 3.04. The largest absolute Gasteiger partial charge is 0.465 e. The number of hydrogen-bond acceptors (Lipinski definition) is 4. The molecule has 0 bridgehead atoms. The van der Waals surface area contributed by atoms with Crippen LogP contribution in [-0.2, 0) is 11.3 Å². The van der Waals surface area contributed by atoms with Crippen molar-refractivity contribution in [2.24, 2.45) is 0 Å². The SMILES string of the molecule is COC(=O)c1ccccc1NCc1ccc(I)o1. The first kappa shape index (κ1) is 12.9. The lowest BCUT2D eigenvalue weighted by Gasteiger charge is -2.09. The molecule has 0 unspecified atom stereocenters. The number of hydrogen-bond donors (Lipinski definition) is 1. The van der Waals surface area contributed by atoms with Crippen LogP contribution in [0.2, 0.25) is 0 Å². The van der Waals surface area contributed by atoms with Crippen molar-refractivity contribution in [3.8, 4) is 0 Å². The van der Waals surface area contributed by atoms with Crippen LogP contribution in [0, 0.1) is 3.77 Å². The van der Waals surface area contributed by atoms with Gasteiger partial charge in [-0.05, 0) is 46.9 Å². The molecule has 0 radical (unpaired) electrons. The average Bonchev–Trinajstić information content (AvgIpc) is 2.81. The van der Waals surface area contributed by atoms with Gasteiger partial charge >= 0.3 is 5.97 Å². The minimum absolute atomic E-state index is 0.355. The van der Waals surface area contributed by atoms with Gasteiger partial charge < -0.3 is 14.5 Å². The van der Waals surface area contributed by atoms with Crippen LogP contribution in [0.4, 0.5) is 5.69 Å². The number of benzene rings is 1. The van der Waals surface area contributed by atoms with Gasteiger partial charge in [-0.25, -0.2) is 4.79 Å². The zero-order chi connectivity index (χ0) is 13.0. The van der Waals surface area contributed by atoms with E-state index in [1.807, 2.05) is 24.3 Å². The average molecular weight is 357 g/mol. The molecule has 1 aromatic heterocycles.